The Hall–Kier alpha value is -0.820. The maximum Gasteiger partial charge on any atom is 0.0325 e. The van der Waals surface area contributed by atoms with E-state index in [1.807, 2.05) is 0 Å². The van der Waals surface area contributed by atoms with Gasteiger partial charge in [0.15, 0.2) is 0 Å². The van der Waals surface area contributed by atoms with Crippen LogP contribution in [0, 0.1) is 25.2 Å². The lowest BCUT2D eigenvalue weighted by Gasteiger charge is -2.32. The molecule has 0 amide bonds. The normalized spacial score (nSPS) is 15.2. The molecular formula is C19H33N. The monoisotopic (exact) mass is 275 g/mol. The maximum absolute atomic E-state index is 3.75. The molecule has 1 nitrogen and oxygen atoms in total. The lowest BCUT2D eigenvalue weighted by molar-refractivity contribution is 0.223. The highest BCUT2D eigenvalue weighted by molar-refractivity contribution is 5.32. The predicted molar refractivity (Wildman–Crippen MR) is 90.2 cm³/mol. The molecule has 1 aromatic rings. The van der Waals surface area contributed by atoms with Crippen LogP contribution in [0.15, 0.2) is 18.2 Å². The van der Waals surface area contributed by atoms with Crippen LogP contribution in [0.2, 0.25) is 0 Å². The van der Waals surface area contributed by atoms with Crippen LogP contribution in [-0.4, -0.2) is 6.54 Å². The van der Waals surface area contributed by atoms with Crippen LogP contribution >= 0.6 is 0 Å². The summed E-state index contributed by atoms with van der Waals surface area (Å²) in [6.45, 7) is 17.1. The summed E-state index contributed by atoms with van der Waals surface area (Å²) in [6.07, 6.45) is 2.39. The van der Waals surface area contributed by atoms with Crippen molar-refractivity contribution in [3.8, 4) is 0 Å². The van der Waals surface area contributed by atoms with Crippen molar-refractivity contribution < 1.29 is 0 Å². The zero-order valence-electron chi connectivity index (χ0n) is 14.5. The molecule has 1 rings (SSSR count). The number of nitrogens with one attached hydrogen (secondary N) is 1. The molecule has 0 aliphatic heterocycles. The maximum atomic E-state index is 3.75. The molecule has 0 radical (unpaired) electrons. The highest BCUT2D eigenvalue weighted by atomic mass is 14.9. The number of hydrogen-bond acceptors (Lipinski definition) is 1. The van der Waals surface area contributed by atoms with E-state index < -0.39 is 0 Å². The van der Waals surface area contributed by atoms with E-state index in [1.54, 1.807) is 0 Å². The highest BCUT2D eigenvalue weighted by Gasteiger charge is 2.24. The van der Waals surface area contributed by atoms with Crippen molar-refractivity contribution in [2.45, 2.75) is 67.3 Å². The smallest absolute Gasteiger partial charge is 0.0325 e. The Bertz CT molecular complexity index is 414. The quantitative estimate of drug-likeness (QED) is 0.731. The minimum Gasteiger partial charge on any atom is -0.310 e. The Labute approximate surface area is 126 Å². The molecule has 1 N–H and O–H groups in total. The molecule has 0 aromatic heterocycles. The average Bonchev–Trinajstić information content (AvgIpc) is 2.33. The number of aryl methyl sites for hydroxylation is 2. The van der Waals surface area contributed by atoms with E-state index in [9.17, 15) is 0 Å². The largest absolute Gasteiger partial charge is 0.310 e. The van der Waals surface area contributed by atoms with E-state index >= 15 is 0 Å². The molecular weight excluding hydrogens is 242 g/mol. The van der Waals surface area contributed by atoms with E-state index in [-0.39, 0.29) is 0 Å². The van der Waals surface area contributed by atoms with Crippen LogP contribution in [0.5, 0.6) is 0 Å². The molecule has 114 valence electrons. The van der Waals surface area contributed by atoms with Gasteiger partial charge in [0, 0.05) is 6.04 Å². The van der Waals surface area contributed by atoms with Crippen LogP contribution < -0.4 is 5.32 Å². The fourth-order valence-electron chi connectivity index (χ4n) is 2.56. The van der Waals surface area contributed by atoms with Crippen LogP contribution in [0.4, 0.5) is 0 Å². The molecule has 0 saturated heterocycles. The molecule has 0 fully saturated rings. The van der Waals surface area contributed by atoms with E-state index in [4.69, 9.17) is 0 Å². The van der Waals surface area contributed by atoms with Crippen molar-refractivity contribution in [1.29, 1.82) is 0 Å². The fraction of sp³-hybridized carbons (Fsp3) is 0.684. The van der Waals surface area contributed by atoms with Gasteiger partial charge < -0.3 is 5.32 Å². The van der Waals surface area contributed by atoms with Gasteiger partial charge in [-0.3, -0.25) is 0 Å². The average molecular weight is 275 g/mol. The summed E-state index contributed by atoms with van der Waals surface area (Å²) in [7, 11) is 0. The van der Waals surface area contributed by atoms with Gasteiger partial charge in [0.05, 0.1) is 0 Å². The van der Waals surface area contributed by atoms with E-state index in [2.05, 4.69) is 72.0 Å². The Morgan fingerprint density at radius 1 is 1.15 bits per heavy atom. The Morgan fingerprint density at radius 3 is 2.30 bits per heavy atom. The van der Waals surface area contributed by atoms with Crippen LogP contribution in [0.1, 0.15) is 70.2 Å². The van der Waals surface area contributed by atoms with Crippen molar-refractivity contribution in [2.24, 2.45) is 11.3 Å². The summed E-state index contributed by atoms with van der Waals surface area (Å²) in [5, 5.41) is 3.75. The third-order valence-corrected chi connectivity index (χ3v) is 4.51. The Morgan fingerprint density at radius 2 is 1.80 bits per heavy atom. The predicted octanol–water partition coefficient (Wildman–Crippen LogP) is 5.42. The minimum atomic E-state index is 0.366. The molecule has 0 spiro atoms. The molecule has 2 unspecified atom stereocenters. The summed E-state index contributed by atoms with van der Waals surface area (Å²) < 4.78 is 0. The lowest BCUT2D eigenvalue weighted by Crippen LogP contribution is -2.28. The van der Waals surface area contributed by atoms with Gasteiger partial charge in [-0.2, -0.15) is 0 Å². The molecule has 0 bridgehead atoms. The summed E-state index contributed by atoms with van der Waals surface area (Å²) in [5.41, 5.74) is 4.61. The van der Waals surface area contributed by atoms with E-state index in [0.717, 1.165) is 6.54 Å². The summed E-state index contributed by atoms with van der Waals surface area (Å²) in [4.78, 5) is 0. The summed E-state index contributed by atoms with van der Waals surface area (Å²) in [6, 6.07) is 7.33. The van der Waals surface area contributed by atoms with Gasteiger partial charge in [-0.15, -0.1) is 0 Å². The first-order chi connectivity index (χ1) is 9.25. The first-order valence-corrected chi connectivity index (χ1v) is 8.06. The fourth-order valence-corrected chi connectivity index (χ4v) is 2.56. The zero-order chi connectivity index (χ0) is 15.3. The van der Waals surface area contributed by atoms with Crippen LogP contribution in [0.3, 0.4) is 0 Å². The van der Waals surface area contributed by atoms with Crippen molar-refractivity contribution in [2.75, 3.05) is 6.54 Å². The first kappa shape index (κ1) is 17.2. The highest BCUT2D eigenvalue weighted by Crippen LogP contribution is 2.34. The lowest BCUT2D eigenvalue weighted by atomic mass is 9.77. The number of benzene rings is 1. The van der Waals surface area contributed by atoms with Gasteiger partial charge in [-0.05, 0) is 55.7 Å². The molecule has 2 atom stereocenters. The molecule has 20 heavy (non-hydrogen) atoms. The third-order valence-electron chi connectivity index (χ3n) is 4.51. The van der Waals surface area contributed by atoms with E-state index in [1.165, 1.54) is 29.5 Å². The van der Waals surface area contributed by atoms with Crippen molar-refractivity contribution in [3.05, 3.63) is 34.9 Å². The summed E-state index contributed by atoms with van der Waals surface area (Å²) in [5.74, 6) is 0.692. The second kappa shape index (κ2) is 7.26. The number of rotatable bonds is 6. The van der Waals surface area contributed by atoms with Gasteiger partial charge in [-0.1, -0.05) is 58.4 Å². The molecule has 0 saturated carbocycles. The second-order valence-corrected chi connectivity index (χ2v) is 7.37. The standard InChI is InChI=1S/C19H33N/c1-8-11-20-18(13-16(4)19(5,6)7)17-10-9-14(2)12-15(17)3/h9-10,12,16,18,20H,8,11,13H2,1-7H3. The SMILES string of the molecule is CCCNC(CC(C)C(C)(C)C)c1ccc(C)cc1C. The van der Waals surface area contributed by atoms with Crippen molar-refractivity contribution >= 4 is 0 Å². The molecule has 0 heterocycles. The van der Waals surface area contributed by atoms with Gasteiger partial charge >= 0.3 is 0 Å². The number of hydrogen-bond donors (Lipinski definition) is 1. The minimum absolute atomic E-state index is 0.366. The van der Waals surface area contributed by atoms with Gasteiger partial charge in [0.2, 0.25) is 0 Å². The summed E-state index contributed by atoms with van der Waals surface area (Å²) >= 11 is 0. The topological polar surface area (TPSA) is 12.0 Å². The van der Waals surface area contributed by atoms with Crippen LogP contribution in [0.25, 0.3) is 0 Å². The van der Waals surface area contributed by atoms with Gasteiger partial charge in [-0.25, -0.2) is 0 Å². The van der Waals surface area contributed by atoms with Crippen molar-refractivity contribution in [3.63, 3.8) is 0 Å². The second-order valence-electron chi connectivity index (χ2n) is 7.37. The Balaban J connectivity index is 2.93. The van der Waals surface area contributed by atoms with Crippen LogP contribution in [-0.2, 0) is 0 Å². The van der Waals surface area contributed by atoms with Gasteiger partial charge in [0.1, 0.15) is 0 Å². The first-order valence-electron chi connectivity index (χ1n) is 8.06. The van der Waals surface area contributed by atoms with E-state index in [0.29, 0.717) is 17.4 Å². The third kappa shape index (κ3) is 4.94. The molecule has 1 heteroatoms. The molecule has 0 aliphatic rings. The van der Waals surface area contributed by atoms with Gasteiger partial charge in [0.25, 0.3) is 0 Å². The van der Waals surface area contributed by atoms with Crippen molar-refractivity contribution in [1.82, 2.24) is 5.32 Å². The Kier molecular flexibility index (Phi) is 6.26. The molecule has 0 aliphatic carbocycles. The molecule has 1 aromatic carbocycles. The zero-order valence-corrected chi connectivity index (χ0v) is 14.5.